The summed E-state index contributed by atoms with van der Waals surface area (Å²) in [4.78, 5) is 4.59. The van der Waals surface area contributed by atoms with Crippen LogP contribution >= 0.6 is 15.9 Å². The highest BCUT2D eigenvalue weighted by atomic mass is 79.9. The summed E-state index contributed by atoms with van der Waals surface area (Å²) in [6, 6.07) is 6.09. The molecule has 0 radical (unpaired) electrons. The summed E-state index contributed by atoms with van der Waals surface area (Å²) in [7, 11) is 1.65. The van der Waals surface area contributed by atoms with Crippen molar-refractivity contribution >= 4 is 21.7 Å². The molecule has 1 heterocycles. The van der Waals surface area contributed by atoms with Gasteiger partial charge in [-0.1, -0.05) is 15.9 Å². The Labute approximate surface area is 121 Å². The third-order valence-electron chi connectivity index (χ3n) is 3.06. The Hall–Kier alpha value is -1.49. The van der Waals surface area contributed by atoms with Gasteiger partial charge in [0.1, 0.15) is 23.1 Å². The predicted molar refractivity (Wildman–Crippen MR) is 81.4 cm³/mol. The number of methoxy groups -OCH3 is 1. The fourth-order valence-electron chi connectivity index (χ4n) is 2.28. The minimum Gasteiger partial charge on any atom is -0.496 e. The van der Waals surface area contributed by atoms with Crippen LogP contribution in [-0.4, -0.2) is 16.7 Å². The molecule has 0 aliphatic rings. The molecule has 5 heteroatoms. The minimum atomic E-state index is 0.277. The fourth-order valence-corrected chi connectivity index (χ4v) is 2.64. The molecule has 1 aromatic heterocycles. The largest absolute Gasteiger partial charge is 0.496 e. The SMILES string of the molecule is COc1ccc(Br)cc1-c1nc(C)n(C(C)C)c1N. The number of imidazole rings is 1. The third-order valence-corrected chi connectivity index (χ3v) is 3.55. The van der Waals surface area contributed by atoms with Gasteiger partial charge in [-0.2, -0.15) is 0 Å². The van der Waals surface area contributed by atoms with Crippen molar-refractivity contribution in [2.24, 2.45) is 0 Å². The van der Waals surface area contributed by atoms with Crippen molar-refractivity contribution in [3.63, 3.8) is 0 Å². The standard InChI is InChI=1S/C14H18BrN3O/c1-8(2)18-9(3)17-13(14(18)16)11-7-10(15)5-6-12(11)19-4/h5-8H,16H2,1-4H3. The van der Waals surface area contributed by atoms with Gasteiger partial charge in [-0.3, -0.25) is 0 Å². The van der Waals surface area contributed by atoms with E-state index in [0.29, 0.717) is 5.82 Å². The molecule has 0 saturated heterocycles. The van der Waals surface area contributed by atoms with Gasteiger partial charge in [-0.25, -0.2) is 4.98 Å². The van der Waals surface area contributed by atoms with Crippen LogP contribution in [0.2, 0.25) is 0 Å². The van der Waals surface area contributed by atoms with Gasteiger partial charge in [-0.15, -0.1) is 0 Å². The Morgan fingerprint density at radius 3 is 2.58 bits per heavy atom. The lowest BCUT2D eigenvalue weighted by molar-refractivity contribution is 0.416. The second-order valence-electron chi connectivity index (χ2n) is 4.70. The summed E-state index contributed by atoms with van der Waals surface area (Å²) in [6.07, 6.45) is 0. The summed E-state index contributed by atoms with van der Waals surface area (Å²) in [6.45, 7) is 6.14. The van der Waals surface area contributed by atoms with Crippen LogP contribution < -0.4 is 10.5 Å². The molecule has 0 amide bonds. The normalized spacial score (nSPS) is 11.1. The molecular weight excluding hydrogens is 306 g/mol. The molecule has 0 saturated carbocycles. The molecule has 4 nitrogen and oxygen atoms in total. The van der Waals surface area contributed by atoms with E-state index in [1.165, 1.54) is 0 Å². The number of aromatic nitrogens is 2. The molecule has 2 aromatic rings. The van der Waals surface area contributed by atoms with E-state index in [2.05, 4.69) is 34.8 Å². The molecule has 1 aromatic carbocycles. The van der Waals surface area contributed by atoms with Crippen molar-refractivity contribution in [2.45, 2.75) is 26.8 Å². The molecule has 0 aliphatic carbocycles. The van der Waals surface area contributed by atoms with Gasteiger partial charge in [0.2, 0.25) is 0 Å². The molecule has 19 heavy (non-hydrogen) atoms. The van der Waals surface area contributed by atoms with Crippen molar-refractivity contribution in [1.82, 2.24) is 9.55 Å². The van der Waals surface area contributed by atoms with Crippen molar-refractivity contribution in [3.05, 3.63) is 28.5 Å². The van der Waals surface area contributed by atoms with Crippen LogP contribution in [0.3, 0.4) is 0 Å². The molecule has 0 atom stereocenters. The number of halogens is 1. The van der Waals surface area contributed by atoms with Gasteiger partial charge in [0.25, 0.3) is 0 Å². The summed E-state index contributed by atoms with van der Waals surface area (Å²) in [5.41, 5.74) is 7.91. The van der Waals surface area contributed by atoms with Gasteiger partial charge in [0.05, 0.1) is 7.11 Å². The summed E-state index contributed by atoms with van der Waals surface area (Å²) >= 11 is 3.47. The fraction of sp³-hybridized carbons (Fsp3) is 0.357. The summed E-state index contributed by atoms with van der Waals surface area (Å²) in [5, 5.41) is 0. The maximum atomic E-state index is 6.24. The number of nitrogen functional groups attached to an aromatic ring is 1. The molecular formula is C14H18BrN3O. The van der Waals surface area contributed by atoms with E-state index < -0.39 is 0 Å². The van der Waals surface area contributed by atoms with Gasteiger partial charge in [0, 0.05) is 16.1 Å². The Kier molecular flexibility index (Phi) is 3.85. The molecule has 0 aliphatic heterocycles. The average Bonchev–Trinajstić information content (AvgIpc) is 2.64. The lowest BCUT2D eigenvalue weighted by Gasteiger charge is -2.12. The van der Waals surface area contributed by atoms with Crippen molar-refractivity contribution < 1.29 is 4.74 Å². The number of hydrogen-bond acceptors (Lipinski definition) is 3. The third kappa shape index (κ3) is 2.47. The van der Waals surface area contributed by atoms with Crippen LogP contribution in [0.5, 0.6) is 5.75 Å². The van der Waals surface area contributed by atoms with E-state index in [1.807, 2.05) is 29.7 Å². The zero-order valence-corrected chi connectivity index (χ0v) is 13.2. The maximum Gasteiger partial charge on any atom is 0.132 e. The molecule has 0 bridgehead atoms. The van der Waals surface area contributed by atoms with E-state index in [9.17, 15) is 0 Å². The average molecular weight is 324 g/mol. The maximum absolute atomic E-state index is 6.24. The second-order valence-corrected chi connectivity index (χ2v) is 5.62. The highest BCUT2D eigenvalue weighted by molar-refractivity contribution is 9.10. The zero-order valence-electron chi connectivity index (χ0n) is 11.6. The monoisotopic (exact) mass is 323 g/mol. The lowest BCUT2D eigenvalue weighted by atomic mass is 10.1. The summed E-state index contributed by atoms with van der Waals surface area (Å²) < 4.78 is 8.39. The molecule has 0 fully saturated rings. The second kappa shape index (κ2) is 5.25. The van der Waals surface area contributed by atoms with Crippen LogP contribution in [0.15, 0.2) is 22.7 Å². The zero-order chi connectivity index (χ0) is 14.2. The number of rotatable bonds is 3. The topological polar surface area (TPSA) is 53.1 Å². The lowest BCUT2D eigenvalue weighted by Crippen LogP contribution is -2.07. The van der Waals surface area contributed by atoms with Crippen LogP contribution in [-0.2, 0) is 0 Å². The van der Waals surface area contributed by atoms with Gasteiger partial charge < -0.3 is 15.0 Å². The van der Waals surface area contributed by atoms with E-state index in [1.54, 1.807) is 7.11 Å². The van der Waals surface area contributed by atoms with Gasteiger partial charge in [-0.05, 0) is 39.0 Å². The van der Waals surface area contributed by atoms with Crippen molar-refractivity contribution in [2.75, 3.05) is 12.8 Å². The number of ether oxygens (including phenoxy) is 1. The molecule has 102 valence electrons. The summed E-state index contributed by atoms with van der Waals surface area (Å²) in [5.74, 6) is 2.34. The van der Waals surface area contributed by atoms with E-state index in [4.69, 9.17) is 10.5 Å². The van der Waals surface area contributed by atoms with Crippen molar-refractivity contribution in [3.8, 4) is 17.0 Å². The van der Waals surface area contributed by atoms with Crippen LogP contribution in [0, 0.1) is 6.92 Å². The Morgan fingerprint density at radius 2 is 2.05 bits per heavy atom. The quantitative estimate of drug-likeness (QED) is 0.934. The number of aryl methyl sites for hydroxylation is 1. The van der Waals surface area contributed by atoms with E-state index >= 15 is 0 Å². The predicted octanol–water partition coefficient (Wildman–Crippen LogP) is 3.79. The van der Waals surface area contributed by atoms with Gasteiger partial charge >= 0.3 is 0 Å². The van der Waals surface area contributed by atoms with Gasteiger partial charge in [0.15, 0.2) is 0 Å². The molecule has 0 unspecified atom stereocenters. The minimum absolute atomic E-state index is 0.277. The van der Waals surface area contributed by atoms with Crippen LogP contribution in [0.1, 0.15) is 25.7 Å². The Balaban J connectivity index is 2.66. The molecule has 0 spiro atoms. The number of nitrogens with two attached hydrogens (primary N) is 1. The number of benzene rings is 1. The molecule has 2 N–H and O–H groups in total. The highest BCUT2D eigenvalue weighted by Gasteiger charge is 2.18. The smallest absolute Gasteiger partial charge is 0.132 e. The van der Waals surface area contributed by atoms with Crippen LogP contribution in [0.4, 0.5) is 5.82 Å². The highest BCUT2D eigenvalue weighted by Crippen LogP contribution is 2.36. The number of nitrogens with zero attached hydrogens (tertiary/aromatic N) is 2. The van der Waals surface area contributed by atoms with Crippen molar-refractivity contribution in [1.29, 1.82) is 0 Å². The number of anilines is 1. The van der Waals surface area contributed by atoms with Crippen LogP contribution in [0.25, 0.3) is 11.3 Å². The number of hydrogen-bond donors (Lipinski definition) is 1. The first kappa shape index (κ1) is 13.9. The Bertz CT molecular complexity index is 605. The first-order valence-corrected chi connectivity index (χ1v) is 6.93. The van der Waals surface area contributed by atoms with E-state index in [0.717, 1.165) is 27.3 Å². The first-order valence-electron chi connectivity index (χ1n) is 6.14. The molecule has 2 rings (SSSR count). The first-order chi connectivity index (χ1) is 8.95. The Morgan fingerprint density at radius 1 is 1.37 bits per heavy atom. The van der Waals surface area contributed by atoms with E-state index in [-0.39, 0.29) is 6.04 Å².